The molecule has 3 atom stereocenters. The predicted octanol–water partition coefficient (Wildman–Crippen LogP) is -1.55. The van der Waals surface area contributed by atoms with Crippen LogP contribution in [0.4, 0.5) is 23.1 Å². The quantitative estimate of drug-likeness (QED) is 0.0689. The van der Waals surface area contributed by atoms with Crippen molar-refractivity contribution < 1.29 is 43.7 Å². The minimum Gasteiger partial charge on any atom is -0.481 e. The highest BCUT2D eigenvalue weighted by molar-refractivity contribution is 5.99. The molecule has 2 amide bonds. The summed E-state index contributed by atoms with van der Waals surface area (Å²) < 4.78 is 4.66. The number of fused-ring (bicyclic) bond motifs is 1. The SMILES string of the molecule is Nc1nc2c(c(=O)[nH]1)NC(CN(C=O)c1ccc(C(=O)N[C@@H](CCC(=O)O)C(=O)OC(=O)[C@@H](N)CCC(=O)O)cc1)CN2. The number of ether oxygens (including phenoxy) is 1. The summed E-state index contributed by atoms with van der Waals surface area (Å²) in [7, 11) is 0. The Balaban J connectivity index is 1.64. The second-order valence-corrected chi connectivity index (χ2v) is 9.44. The van der Waals surface area contributed by atoms with Gasteiger partial charge in [-0.3, -0.25) is 29.0 Å². The van der Waals surface area contributed by atoms with Crippen LogP contribution in [0.3, 0.4) is 0 Å². The third-order valence-electron chi connectivity index (χ3n) is 6.22. The highest BCUT2D eigenvalue weighted by atomic mass is 16.6. The number of carboxylic acid groups (broad SMARTS) is 2. The van der Waals surface area contributed by atoms with Crippen LogP contribution in [0.1, 0.15) is 36.0 Å². The van der Waals surface area contributed by atoms with Gasteiger partial charge in [0.2, 0.25) is 12.4 Å². The first-order valence-corrected chi connectivity index (χ1v) is 12.9. The smallest absolute Gasteiger partial charge is 0.336 e. The third kappa shape index (κ3) is 8.98. The van der Waals surface area contributed by atoms with Gasteiger partial charge in [-0.15, -0.1) is 0 Å². The second-order valence-electron chi connectivity index (χ2n) is 9.44. The van der Waals surface area contributed by atoms with Gasteiger partial charge < -0.3 is 47.3 Å². The fraction of sp³-hybridized carbons (Fsp3) is 0.360. The molecule has 0 saturated heterocycles. The fourth-order valence-electron chi connectivity index (χ4n) is 3.99. The average Bonchev–Trinajstić information content (AvgIpc) is 2.96. The number of benzene rings is 1. The van der Waals surface area contributed by atoms with Crippen LogP contribution in [0.25, 0.3) is 0 Å². The number of rotatable bonds is 14. The molecule has 1 aliphatic rings. The van der Waals surface area contributed by atoms with E-state index in [4.69, 9.17) is 21.7 Å². The molecule has 0 bridgehead atoms. The predicted molar refractivity (Wildman–Crippen MR) is 149 cm³/mol. The van der Waals surface area contributed by atoms with E-state index in [0.29, 0.717) is 18.6 Å². The molecule has 18 heteroatoms. The van der Waals surface area contributed by atoms with E-state index < -0.39 is 72.7 Å². The van der Waals surface area contributed by atoms with Gasteiger partial charge in [0.1, 0.15) is 17.8 Å². The Hall–Kier alpha value is -5.52. The van der Waals surface area contributed by atoms with E-state index in [2.05, 4.69) is 30.7 Å². The van der Waals surface area contributed by atoms with Crippen molar-refractivity contribution in [2.45, 2.75) is 43.8 Å². The molecule has 0 saturated carbocycles. The second kappa shape index (κ2) is 14.4. The molecule has 230 valence electrons. The molecule has 0 fully saturated rings. The van der Waals surface area contributed by atoms with E-state index in [0.717, 1.165) is 0 Å². The number of aliphatic carboxylic acids is 2. The van der Waals surface area contributed by atoms with E-state index in [-0.39, 0.29) is 36.0 Å². The molecule has 10 N–H and O–H groups in total. The van der Waals surface area contributed by atoms with Gasteiger partial charge in [0.05, 0.1) is 6.04 Å². The van der Waals surface area contributed by atoms with Crippen LogP contribution in [0.2, 0.25) is 0 Å². The van der Waals surface area contributed by atoms with Crippen molar-refractivity contribution in [2.75, 3.05) is 34.4 Å². The molecule has 1 aromatic carbocycles. The largest absolute Gasteiger partial charge is 0.481 e. The summed E-state index contributed by atoms with van der Waals surface area (Å²) >= 11 is 0. The zero-order valence-electron chi connectivity index (χ0n) is 22.6. The number of hydrogen-bond donors (Lipinski definition) is 8. The minimum atomic E-state index is -1.54. The molecule has 0 spiro atoms. The van der Waals surface area contributed by atoms with Crippen molar-refractivity contribution in [1.29, 1.82) is 0 Å². The van der Waals surface area contributed by atoms with E-state index in [1.807, 2.05) is 0 Å². The van der Waals surface area contributed by atoms with Crippen LogP contribution < -0.4 is 37.9 Å². The van der Waals surface area contributed by atoms with Gasteiger partial charge in [-0.25, -0.2) is 9.59 Å². The van der Waals surface area contributed by atoms with Gasteiger partial charge >= 0.3 is 23.9 Å². The zero-order chi connectivity index (χ0) is 31.7. The molecule has 0 aliphatic carbocycles. The number of aromatic amines is 1. The first-order chi connectivity index (χ1) is 20.4. The van der Waals surface area contributed by atoms with Gasteiger partial charge in [0.15, 0.2) is 5.82 Å². The lowest BCUT2D eigenvalue weighted by atomic mass is 10.1. The lowest BCUT2D eigenvalue weighted by Gasteiger charge is -2.30. The Kier molecular flexibility index (Phi) is 10.7. The summed E-state index contributed by atoms with van der Waals surface area (Å²) in [4.78, 5) is 90.9. The molecule has 3 rings (SSSR count). The van der Waals surface area contributed by atoms with Gasteiger partial charge in [0.25, 0.3) is 11.5 Å². The Bertz CT molecular complexity index is 1440. The Morgan fingerprint density at radius 2 is 1.74 bits per heavy atom. The van der Waals surface area contributed by atoms with E-state index in [1.165, 1.54) is 29.2 Å². The van der Waals surface area contributed by atoms with Crippen molar-refractivity contribution in [1.82, 2.24) is 15.3 Å². The van der Waals surface area contributed by atoms with Crippen molar-refractivity contribution in [3.63, 3.8) is 0 Å². The van der Waals surface area contributed by atoms with Crippen LogP contribution in [-0.2, 0) is 28.7 Å². The maximum absolute atomic E-state index is 12.9. The molecular formula is C25H30N8O10. The first-order valence-electron chi connectivity index (χ1n) is 12.9. The lowest BCUT2D eigenvalue weighted by molar-refractivity contribution is -0.162. The average molecular weight is 603 g/mol. The Morgan fingerprint density at radius 3 is 2.37 bits per heavy atom. The number of nitrogens with one attached hydrogen (secondary N) is 4. The number of nitrogens with zero attached hydrogens (tertiary/aromatic N) is 2. The van der Waals surface area contributed by atoms with Crippen molar-refractivity contribution in [3.05, 3.63) is 40.2 Å². The molecule has 1 aliphatic heterocycles. The summed E-state index contributed by atoms with van der Waals surface area (Å²) in [5, 5.41) is 26.0. The number of esters is 2. The van der Waals surface area contributed by atoms with Crippen molar-refractivity contribution in [3.8, 4) is 0 Å². The molecular weight excluding hydrogens is 572 g/mol. The van der Waals surface area contributed by atoms with E-state index in [9.17, 15) is 33.6 Å². The number of nitrogens with two attached hydrogens (primary N) is 2. The summed E-state index contributed by atoms with van der Waals surface area (Å²) in [6, 6.07) is 2.27. The van der Waals surface area contributed by atoms with Crippen LogP contribution in [0.15, 0.2) is 29.1 Å². The number of anilines is 4. The van der Waals surface area contributed by atoms with Crippen LogP contribution in [0.5, 0.6) is 0 Å². The molecule has 0 radical (unpaired) electrons. The zero-order valence-corrected chi connectivity index (χ0v) is 22.6. The number of aromatic nitrogens is 2. The number of H-pyrrole nitrogens is 1. The third-order valence-corrected chi connectivity index (χ3v) is 6.22. The highest BCUT2D eigenvalue weighted by Gasteiger charge is 2.29. The summed E-state index contributed by atoms with van der Waals surface area (Å²) in [5.74, 6) is -5.55. The van der Waals surface area contributed by atoms with Gasteiger partial charge in [-0.05, 0) is 37.1 Å². The maximum atomic E-state index is 12.9. The molecule has 18 nitrogen and oxygen atoms in total. The highest BCUT2D eigenvalue weighted by Crippen LogP contribution is 2.22. The number of nitrogen functional groups attached to an aromatic ring is 1. The van der Waals surface area contributed by atoms with Gasteiger partial charge in [0, 0.05) is 37.2 Å². The monoisotopic (exact) mass is 602 g/mol. The van der Waals surface area contributed by atoms with Crippen molar-refractivity contribution >= 4 is 59.3 Å². The van der Waals surface area contributed by atoms with Crippen LogP contribution >= 0.6 is 0 Å². The van der Waals surface area contributed by atoms with Gasteiger partial charge in [-0.1, -0.05) is 0 Å². The lowest BCUT2D eigenvalue weighted by Crippen LogP contribution is -2.45. The number of hydrogen-bond acceptors (Lipinski definition) is 13. The molecule has 2 heterocycles. The maximum Gasteiger partial charge on any atom is 0.336 e. The Labute approximate surface area is 242 Å². The van der Waals surface area contributed by atoms with Crippen molar-refractivity contribution in [2.24, 2.45) is 5.73 Å². The first kappa shape index (κ1) is 32.0. The van der Waals surface area contributed by atoms with Crippen LogP contribution in [0, 0.1) is 0 Å². The number of carboxylic acids is 2. The molecule has 2 aromatic rings. The number of amides is 2. The normalized spacial score (nSPS) is 15.0. The molecule has 1 unspecified atom stereocenters. The summed E-state index contributed by atoms with van der Waals surface area (Å²) in [6.45, 7) is 0.436. The molecule has 43 heavy (non-hydrogen) atoms. The molecule has 1 aromatic heterocycles. The minimum absolute atomic E-state index is 0.0359. The Morgan fingerprint density at radius 1 is 1.09 bits per heavy atom. The van der Waals surface area contributed by atoms with E-state index in [1.54, 1.807) is 0 Å². The number of carbonyl (C=O) groups excluding carboxylic acids is 4. The van der Waals surface area contributed by atoms with E-state index >= 15 is 0 Å². The topological polar surface area (TPSA) is 289 Å². The van der Waals surface area contributed by atoms with Gasteiger partial charge in [-0.2, -0.15) is 4.98 Å². The summed E-state index contributed by atoms with van der Waals surface area (Å²) in [6.07, 6.45) is -1.14. The summed E-state index contributed by atoms with van der Waals surface area (Å²) in [5.41, 5.74) is 11.2. The fourth-order valence-corrected chi connectivity index (χ4v) is 3.99. The standard InChI is InChI=1S/C25H30N8O10/c26-15(5-7-17(35)36)23(41)43-24(42)16(6-8-18(37)38)30-21(39)12-1-3-14(4-2-12)33(11-34)10-13-9-28-20-19(29-13)22(40)32-25(27)31-20/h1-4,11,13,15-16,29H,5-10,26H2,(H,30,39)(H,35,36)(H,37,38)(H4,27,28,31,32,40)/t13?,15-,16-/m0/s1. The number of carbonyl (C=O) groups is 6. The van der Waals surface area contributed by atoms with Crippen LogP contribution in [-0.4, -0.2) is 87.6 Å².